The zero-order chi connectivity index (χ0) is 13.5. The monoisotopic (exact) mass is 278 g/mol. The minimum atomic E-state index is 0.666. The molecule has 3 heteroatoms. The predicted octanol–water partition coefficient (Wildman–Crippen LogP) is 3.84. The fraction of sp³-hybridized carbons (Fsp3) is 0.625. The predicted molar refractivity (Wildman–Crippen MR) is 87.0 cm³/mol. The lowest BCUT2D eigenvalue weighted by atomic mass is 10.1. The van der Waals surface area contributed by atoms with Crippen LogP contribution < -0.4 is 5.32 Å². The second kappa shape index (κ2) is 7.81. The van der Waals surface area contributed by atoms with Gasteiger partial charge in [-0.25, -0.2) is 0 Å². The molecule has 0 bridgehead atoms. The SMILES string of the molecule is CCN(CC)Cc1ccccc1NC1CCSCC1. The van der Waals surface area contributed by atoms with E-state index in [1.807, 2.05) is 0 Å². The highest BCUT2D eigenvalue weighted by Crippen LogP contribution is 2.24. The van der Waals surface area contributed by atoms with Crippen molar-refractivity contribution in [3.8, 4) is 0 Å². The van der Waals surface area contributed by atoms with Crippen molar-refractivity contribution in [2.24, 2.45) is 0 Å². The Hall–Kier alpha value is -0.670. The van der Waals surface area contributed by atoms with E-state index >= 15 is 0 Å². The summed E-state index contributed by atoms with van der Waals surface area (Å²) in [6, 6.07) is 9.46. The van der Waals surface area contributed by atoms with Gasteiger partial charge in [-0.1, -0.05) is 32.0 Å². The zero-order valence-electron chi connectivity index (χ0n) is 12.2. The molecule has 1 heterocycles. The number of benzene rings is 1. The van der Waals surface area contributed by atoms with E-state index in [0.717, 1.165) is 19.6 Å². The van der Waals surface area contributed by atoms with Crippen molar-refractivity contribution in [1.29, 1.82) is 0 Å². The highest BCUT2D eigenvalue weighted by molar-refractivity contribution is 7.99. The number of para-hydroxylation sites is 1. The number of nitrogens with one attached hydrogen (secondary N) is 1. The normalized spacial score (nSPS) is 16.8. The van der Waals surface area contributed by atoms with Gasteiger partial charge in [-0.3, -0.25) is 4.90 Å². The molecule has 0 aliphatic carbocycles. The molecule has 0 aromatic heterocycles. The van der Waals surface area contributed by atoms with Gasteiger partial charge in [0.1, 0.15) is 0 Å². The molecule has 0 radical (unpaired) electrons. The van der Waals surface area contributed by atoms with Gasteiger partial charge in [0, 0.05) is 18.3 Å². The Kier molecular flexibility index (Phi) is 6.05. The topological polar surface area (TPSA) is 15.3 Å². The van der Waals surface area contributed by atoms with Gasteiger partial charge >= 0.3 is 0 Å². The van der Waals surface area contributed by atoms with Crippen LogP contribution in [-0.2, 0) is 6.54 Å². The van der Waals surface area contributed by atoms with E-state index in [9.17, 15) is 0 Å². The third-order valence-electron chi connectivity index (χ3n) is 3.89. The molecule has 106 valence electrons. The highest BCUT2D eigenvalue weighted by atomic mass is 32.2. The summed E-state index contributed by atoms with van der Waals surface area (Å²) in [6.45, 7) is 7.75. The van der Waals surface area contributed by atoms with Gasteiger partial charge in [0.25, 0.3) is 0 Å². The molecule has 1 N–H and O–H groups in total. The standard InChI is InChI=1S/C16H26N2S/c1-3-18(4-2)13-14-7-5-6-8-16(14)17-15-9-11-19-12-10-15/h5-8,15,17H,3-4,9-13H2,1-2H3. The van der Waals surface area contributed by atoms with E-state index < -0.39 is 0 Å². The van der Waals surface area contributed by atoms with Crippen LogP contribution in [0.4, 0.5) is 5.69 Å². The summed E-state index contributed by atoms with van der Waals surface area (Å²) in [5.74, 6) is 2.60. The van der Waals surface area contributed by atoms with Crippen molar-refractivity contribution in [1.82, 2.24) is 4.90 Å². The van der Waals surface area contributed by atoms with Gasteiger partial charge in [-0.2, -0.15) is 11.8 Å². The lowest BCUT2D eigenvalue weighted by Gasteiger charge is -2.26. The van der Waals surface area contributed by atoms with Crippen LogP contribution in [0.3, 0.4) is 0 Å². The number of thioether (sulfide) groups is 1. The van der Waals surface area contributed by atoms with Gasteiger partial charge in [0.15, 0.2) is 0 Å². The second-order valence-corrected chi connectivity index (χ2v) is 6.37. The molecule has 0 amide bonds. The first kappa shape index (κ1) is 14.7. The van der Waals surface area contributed by atoms with E-state index in [1.165, 1.54) is 35.6 Å². The van der Waals surface area contributed by atoms with Gasteiger partial charge in [-0.05, 0) is 49.1 Å². The molecule has 0 saturated carbocycles. The van der Waals surface area contributed by atoms with Crippen LogP contribution >= 0.6 is 11.8 Å². The summed E-state index contributed by atoms with van der Waals surface area (Å²) < 4.78 is 0. The van der Waals surface area contributed by atoms with Gasteiger partial charge < -0.3 is 5.32 Å². The highest BCUT2D eigenvalue weighted by Gasteiger charge is 2.15. The molecule has 1 saturated heterocycles. The quantitative estimate of drug-likeness (QED) is 0.851. The number of hydrogen-bond acceptors (Lipinski definition) is 3. The summed E-state index contributed by atoms with van der Waals surface area (Å²) in [4.78, 5) is 2.47. The molecule has 1 fully saturated rings. The lowest BCUT2D eigenvalue weighted by molar-refractivity contribution is 0.296. The van der Waals surface area contributed by atoms with Crippen molar-refractivity contribution < 1.29 is 0 Å². The number of hydrogen-bond donors (Lipinski definition) is 1. The van der Waals surface area contributed by atoms with E-state index in [-0.39, 0.29) is 0 Å². The molecule has 2 nitrogen and oxygen atoms in total. The molecule has 1 aliphatic heterocycles. The molecule has 19 heavy (non-hydrogen) atoms. The number of nitrogens with zero attached hydrogens (tertiary/aromatic N) is 1. The Morgan fingerprint density at radius 3 is 2.53 bits per heavy atom. The molecular formula is C16H26N2S. The molecule has 1 aliphatic rings. The molecular weight excluding hydrogens is 252 g/mol. The molecule has 0 spiro atoms. The molecule has 1 aromatic rings. The maximum atomic E-state index is 3.76. The third kappa shape index (κ3) is 4.43. The minimum absolute atomic E-state index is 0.666. The van der Waals surface area contributed by atoms with Crippen molar-refractivity contribution in [3.05, 3.63) is 29.8 Å². The van der Waals surface area contributed by atoms with Gasteiger partial charge in [0.05, 0.1) is 0 Å². The zero-order valence-corrected chi connectivity index (χ0v) is 13.0. The lowest BCUT2D eigenvalue weighted by Crippen LogP contribution is -2.27. The first-order valence-corrected chi connectivity index (χ1v) is 8.63. The van der Waals surface area contributed by atoms with Crippen molar-refractivity contribution in [3.63, 3.8) is 0 Å². The van der Waals surface area contributed by atoms with E-state index in [2.05, 4.69) is 60.1 Å². The van der Waals surface area contributed by atoms with E-state index in [1.54, 1.807) is 0 Å². The van der Waals surface area contributed by atoms with E-state index in [4.69, 9.17) is 0 Å². The van der Waals surface area contributed by atoms with Gasteiger partial charge in [-0.15, -0.1) is 0 Å². The van der Waals surface area contributed by atoms with Crippen LogP contribution in [-0.4, -0.2) is 35.5 Å². The summed E-state index contributed by atoms with van der Waals surface area (Å²) in [5, 5.41) is 3.76. The smallest absolute Gasteiger partial charge is 0.0388 e. The average Bonchev–Trinajstić information content (AvgIpc) is 2.47. The summed E-state index contributed by atoms with van der Waals surface area (Å²) in [7, 11) is 0. The Morgan fingerprint density at radius 1 is 1.16 bits per heavy atom. The molecule has 0 atom stereocenters. The maximum Gasteiger partial charge on any atom is 0.0388 e. The van der Waals surface area contributed by atoms with Gasteiger partial charge in [0.2, 0.25) is 0 Å². The summed E-state index contributed by atoms with van der Waals surface area (Å²) in [6.07, 6.45) is 2.59. The fourth-order valence-electron chi connectivity index (χ4n) is 2.55. The van der Waals surface area contributed by atoms with E-state index in [0.29, 0.717) is 6.04 Å². The molecule has 0 unspecified atom stereocenters. The minimum Gasteiger partial charge on any atom is -0.382 e. The van der Waals surface area contributed by atoms with Crippen LogP contribution in [0.25, 0.3) is 0 Å². The Bertz CT molecular complexity index is 371. The van der Waals surface area contributed by atoms with Crippen LogP contribution in [0.5, 0.6) is 0 Å². The molecule has 2 rings (SSSR count). The van der Waals surface area contributed by atoms with Crippen LogP contribution in [0.2, 0.25) is 0 Å². The third-order valence-corrected chi connectivity index (χ3v) is 4.94. The number of anilines is 1. The first-order valence-electron chi connectivity index (χ1n) is 7.48. The summed E-state index contributed by atoms with van der Waals surface area (Å²) >= 11 is 2.08. The second-order valence-electron chi connectivity index (χ2n) is 5.15. The molecule has 1 aromatic carbocycles. The van der Waals surface area contributed by atoms with Crippen LogP contribution in [0.1, 0.15) is 32.3 Å². The first-order chi connectivity index (χ1) is 9.33. The largest absolute Gasteiger partial charge is 0.382 e. The Labute approximate surface area is 122 Å². The van der Waals surface area contributed by atoms with Crippen molar-refractivity contribution in [2.75, 3.05) is 29.9 Å². The van der Waals surface area contributed by atoms with Crippen molar-refractivity contribution in [2.45, 2.75) is 39.3 Å². The average molecular weight is 278 g/mol. The summed E-state index contributed by atoms with van der Waals surface area (Å²) in [5.41, 5.74) is 2.77. The van der Waals surface area contributed by atoms with Crippen LogP contribution in [0, 0.1) is 0 Å². The fourth-order valence-corrected chi connectivity index (χ4v) is 3.66. The Balaban J connectivity index is 2.02. The Morgan fingerprint density at radius 2 is 1.84 bits per heavy atom. The maximum absolute atomic E-state index is 3.76. The number of rotatable bonds is 6. The van der Waals surface area contributed by atoms with Crippen LogP contribution in [0.15, 0.2) is 24.3 Å². The van der Waals surface area contributed by atoms with Crippen molar-refractivity contribution >= 4 is 17.4 Å².